The number of hydrogen-bond acceptors (Lipinski definition) is 6. The molecule has 1 amide bonds. The summed E-state index contributed by atoms with van der Waals surface area (Å²) >= 11 is 1.73. The number of nitrogens with zero attached hydrogens (tertiary/aromatic N) is 2. The molecule has 0 radical (unpaired) electrons. The minimum absolute atomic E-state index is 0.0143. The maximum absolute atomic E-state index is 14.4. The molecule has 0 unspecified atom stereocenters. The lowest BCUT2D eigenvalue weighted by molar-refractivity contribution is -0.384. The van der Waals surface area contributed by atoms with E-state index in [0.29, 0.717) is 11.4 Å². The lowest BCUT2D eigenvalue weighted by atomic mass is 9.69. The summed E-state index contributed by atoms with van der Waals surface area (Å²) in [6, 6.07) is 19.6. The zero-order chi connectivity index (χ0) is 25.2. The number of nitro benzene ring substituents is 1. The highest BCUT2D eigenvalue weighted by molar-refractivity contribution is 7.99. The number of nitro groups is 1. The maximum atomic E-state index is 14.4. The standard InChI is InChI=1S/C28H25N3O4S/c1-16-11-17(2)25-21(12-16)28(27(33)29-25)24(26(32)18-7-4-3-5-8-18)23(22-14-36-15-30(22)28)19-9-6-10-20(13-19)31(34)35/h3-13,22-24H,14-15H2,1-2H3,(H,29,33)/t22-,23+,24+,28-/m1/s1. The van der Waals surface area contributed by atoms with Crippen LogP contribution in [0.3, 0.4) is 0 Å². The van der Waals surface area contributed by atoms with E-state index in [1.807, 2.05) is 50.2 Å². The average Bonchev–Trinajstić information content (AvgIpc) is 3.53. The number of anilines is 1. The Bertz CT molecular complexity index is 1430. The molecule has 2 saturated heterocycles. The molecule has 0 aliphatic carbocycles. The van der Waals surface area contributed by atoms with Crippen molar-refractivity contribution in [1.29, 1.82) is 0 Å². The summed E-state index contributed by atoms with van der Waals surface area (Å²) in [6.07, 6.45) is 0. The van der Waals surface area contributed by atoms with Crippen LogP contribution in [0.25, 0.3) is 0 Å². The summed E-state index contributed by atoms with van der Waals surface area (Å²) in [4.78, 5) is 42.0. The molecule has 1 spiro atoms. The predicted octanol–water partition coefficient (Wildman–Crippen LogP) is 5.03. The number of ketones is 1. The van der Waals surface area contributed by atoms with Gasteiger partial charge in [0.25, 0.3) is 5.69 Å². The lowest BCUT2D eigenvalue weighted by Crippen LogP contribution is -2.52. The summed E-state index contributed by atoms with van der Waals surface area (Å²) in [5, 5.41) is 14.8. The summed E-state index contributed by atoms with van der Waals surface area (Å²) < 4.78 is 0. The molecule has 36 heavy (non-hydrogen) atoms. The number of non-ortho nitro benzene ring substituents is 1. The Morgan fingerprint density at radius 2 is 1.89 bits per heavy atom. The van der Waals surface area contributed by atoms with Crippen molar-refractivity contribution in [3.63, 3.8) is 0 Å². The number of Topliss-reactive ketones (excluding diaryl/α,β-unsaturated/α-hetero) is 1. The van der Waals surface area contributed by atoms with Crippen molar-refractivity contribution in [2.45, 2.75) is 31.3 Å². The maximum Gasteiger partial charge on any atom is 0.269 e. The molecule has 7 nitrogen and oxygen atoms in total. The second kappa shape index (κ2) is 8.28. The van der Waals surface area contributed by atoms with E-state index in [2.05, 4.69) is 10.2 Å². The first-order valence-corrected chi connectivity index (χ1v) is 13.1. The van der Waals surface area contributed by atoms with Crippen molar-refractivity contribution in [2.75, 3.05) is 16.9 Å². The van der Waals surface area contributed by atoms with Crippen LogP contribution in [0.2, 0.25) is 0 Å². The van der Waals surface area contributed by atoms with Crippen LogP contribution in [0.4, 0.5) is 11.4 Å². The second-order valence-corrected chi connectivity index (χ2v) is 10.8. The van der Waals surface area contributed by atoms with E-state index in [-0.39, 0.29) is 29.3 Å². The van der Waals surface area contributed by atoms with E-state index >= 15 is 0 Å². The molecule has 3 aromatic carbocycles. The van der Waals surface area contributed by atoms with Gasteiger partial charge < -0.3 is 5.32 Å². The number of nitrogens with one attached hydrogen (secondary N) is 1. The van der Waals surface area contributed by atoms with Crippen LogP contribution >= 0.6 is 11.8 Å². The zero-order valence-electron chi connectivity index (χ0n) is 19.9. The van der Waals surface area contributed by atoms with E-state index in [1.54, 1.807) is 36.0 Å². The first kappa shape index (κ1) is 22.9. The topological polar surface area (TPSA) is 92.5 Å². The number of carbonyl (C=O) groups excluding carboxylic acids is 2. The fourth-order valence-corrected chi connectivity index (χ4v) is 7.86. The van der Waals surface area contributed by atoms with Gasteiger partial charge >= 0.3 is 0 Å². The molecule has 3 aliphatic rings. The van der Waals surface area contributed by atoms with Crippen molar-refractivity contribution < 1.29 is 14.5 Å². The number of benzene rings is 3. The predicted molar refractivity (Wildman–Crippen MR) is 139 cm³/mol. The minimum Gasteiger partial charge on any atom is -0.324 e. The highest BCUT2D eigenvalue weighted by Gasteiger charge is 2.69. The van der Waals surface area contributed by atoms with Gasteiger partial charge in [-0.2, -0.15) is 0 Å². The van der Waals surface area contributed by atoms with Crippen LogP contribution in [0, 0.1) is 29.9 Å². The molecule has 0 saturated carbocycles. The van der Waals surface area contributed by atoms with Gasteiger partial charge in [-0.1, -0.05) is 60.2 Å². The molecule has 0 bridgehead atoms. The molecule has 6 rings (SSSR count). The number of carbonyl (C=O) groups is 2. The molecule has 182 valence electrons. The Hall–Kier alpha value is -3.49. The molecule has 3 aliphatic heterocycles. The summed E-state index contributed by atoms with van der Waals surface area (Å²) in [5.74, 6) is -0.0924. The Morgan fingerprint density at radius 3 is 2.64 bits per heavy atom. The van der Waals surface area contributed by atoms with Crippen molar-refractivity contribution >= 4 is 34.8 Å². The van der Waals surface area contributed by atoms with Crippen LogP contribution in [-0.2, 0) is 10.3 Å². The Labute approximate surface area is 213 Å². The van der Waals surface area contributed by atoms with E-state index in [1.165, 1.54) is 6.07 Å². The lowest BCUT2D eigenvalue weighted by Gasteiger charge is -2.36. The van der Waals surface area contributed by atoms with E-state index in [0.717, 1.165) is 33.7 Å². The number of fused-ring (bicyclic) bond motifs is 4. The fourth-order valence-electron chi connectivity index (χ4n) is 6.53. The smallest absolute Gasteiger partial charge is 0.269 e. The second-order valence-electron chi connectivity index (χ2n) is 9.85. The SMILES string of the molecule is Cc1cc(C)c2c(c1)[C@]1(C(=O)N2)[C@H](C(=O)c2ccccc2)[C@@H](c2cccc([N+](=O)[O-])c2)[C@H]2CSCN21. The molecule has 4 atom stereocenters. The largest absolute Gasteiger partial charge is 0.324 e. The third-order valence-corrected chi connectivity index (χ3v) is 8.92. The fraction of sp³-hybridized carbons (Fsp3) is 0.286. The van der Waals surface area contributed by atoms with Crippen LogP contribution in [-0.4, -0.2) is 39.2 Å². The van der Waals surface area contributed by atoms with Gasteiger partial charge in [0.05, 0.1) is 10.8 Å². The van der Waals surface area contributed by atoms with Gasteiger partial charge in [0.2, 0.25) is 5.91 Å². The van der Waals surface area contributed by atoms with E-state index in [9.17, 15) is 19.7 Å². The number of rotatable bonds is 4. The number of amides is 1. The molecule has 2 fully saturated rings. The summed E-state index contributed by atoms with van der Waals surface area (Å²) in [6.45, 7) is 3.98. The first-order valence-electron chi connectivity index (χ1n) is 12.0. The summed E-state index contributed by atoms with van der Waals surface area (Å²) in [7, 11) is 0. The van der Waals surface area contributed by atoms with Crippen LogP contribution in [0.5, 0.6) is 0 Å². The number of aryl methyl sites for hydroxylation is 2. The highest BCUT2D eigenvalue weighted by Crippen LogP contribution is 2.61. The molecule has 3 heterocycles. The third-order valence-electron chi connectivity index (χ3n) is 7.88. The molecular weight excluding hydrogens is 474 g/mol. The van der Waals surface area contributed by atoms with E-state index in [4.69, 9.17) is 0 Å². The van der Waals surface area contributed by atoms with Gasteiger partial charge in [-0.05, 0) is 25.0 Å². The van der Waals surface area contributed by atoms with Gasteiger partial charge in [0, 0.05) is 52.5 Å². The quantitative estimate of drug-likeness (QED) is 0.308. The highest BCUT2D eigenvalue weighted by atomic mass is 32.2. The van der Waals surface area contributed by atoms with Gasteiger partial charge in [-0.3, -0.25) is 24.6 Å². The Kier molecular flexibility index (Phi) is 5.28. The van der Waals surface area contributed by atoms with Crippen molar-refractivity contribution in [2.24, 2.45) is 5.92 Å². The van der Waals surface area contributed by atoms with Gasteiger partial charge in [0.1, 0.15) is 5.54 Å². The first-order chi connectivity index (χ1) is 17.3. The number of hydrogen-bond donors (Lipinski definition) is 1. The van der Waals surface area contributed by atoms with Crippen LogP contribution in [0.15, 0.2) is 66.7 Å². The monoisotopic (exact) mass is 499 g/mol. The van der Waals surface area contributed by atoms with Gasteiger partial charge in [0.15, 0.2) is 5.78 Å². The van der Waals surface area contributed by atoms with Gasteiger partial charge in [-0.25, -0.2) is 0 Å². The third kappa shape index (κ3) is 3.10. The molecule has 1 N–H and O–H groups in total. The van der Waals surface area contributed by atoms with Gasteiger partial charge in [-0.15, -0.1) is 11.8 Å². The number of thioether (sulfide) groups is 1. The average molecular weight is 500 g/mol. The summed E-state index contributed by atoms with van der Waals surface area (Å²) in [5.41, 5.74) is 3.64. The Balaban J connectivity index is 1.64. The van der Waals surface area contributed by atoms with Crippen molar-refractivity contribution in [3.05, 3.63) is 105 Å². The normalized spacial score (nSPS) is 26.6. The molecule has 3 aromatic rings. The molecule has 0 aromatic heterocycles. The van der Waals surface area contributed by atoms with E-state index < -0.39 is 16.4 Å². The van der Waals surface area contributed by atoms with Crippen molar-refractivity contribution in [3.8, 4) is 0 Å². The minimum atomic E-state index is -1.19. The van der Waals surface area contributed by atoms with Crippen LogP contribution in [0.1, 0.15) is 38.5 Å². The Morgan fingerprint density at radius 1 is 1.11 bits per heavy atom. The zero-order valence-corrected chi connectivity index (χ0v) is 20.7. The molecular formula is C28H25N3O4S. The van der Waals surface area contributed by atoms with Crippen LogP contribution < -0.4 is 5.32 Å². The van der Waals surface area contributed by atoms with Crippen molar-refractivity contribution in [1.82, 2.24) is 4.90 Å². The molecule has 8 heteroatoms.